The predicted octanol–water partition coefficient (Wildman–Crippen LogP) is 3.34. The van der Waals surface area contributed by atoms with Crippen LogP contribution in [0.15, 0.2) is 36.5 Å². The molecule has 0 aromatic carbocycles. The molecule has 0 aromatic rings. The van der Waals surface area contributed by atoms with Crippen molar-refractivity contribution in [2.45, 2.75) is 27.2 Å². The minimum absolute atomic E-state index is 0.814. The molecule has 0 radical (unpaired) electrons. The van der Waals surface area contributed by atoms with Gasteiger partial charge in [-0.15, -0.1) is 0 Å². The second kappa shape index (κ2) is 9.11. The molecule has 1 rings (SSSR count). The topological polar surface area (TPSA) is 6.48 Å². The van der Waals surface area contributed by atoms with Crippen LogP contribution in [0, 0.1) is 5.92 Å². The number of nitrogens with zero attached hydrogens (tertiary/aromatic N) is 2. The van der Waals surface area contributed by atoms with E-state index >= 15 is 0 Å². The molecule has 0 N–H and O–H groups in total. The van der Waals surface area contributed by atoms with E-state index in [0.717, 1.165) is 12.5 Å². The summed E-state index contributed by atoms with van der Waals surface area (Å²) in [4.78, 5) is 5.13. The van der Waals surface area contributed by atoms with Crippen LogP contribution in [0.5, 0.6) is 0 Å². The molecule has 2 heteroatoms. The maximum Gasteiger partial charge on any atom is 0.0234 e. The summed E-state index contributed by atoms with van der Waals surface area (Å²) >= 11 is 0. The normalized spacial score (nSPS) is 19.5. The van der Waals surface area contributed by atoms with Crippen LogP contribution in [0.3, 0.4) is 0 Å². The van der Waals surface area contributed by atoms with Crippen LogP contribution in [0.2, 0.25) is 0 Å². The molecule has 1 fully saturated rings. The lowest BCUT2D eigenvalue weighted by atomic mass is 10.1. The van der Waals surface area contributed by atoms with Gasteiger partial charge in [-0.2, -0.15) is 0 Å². The van der Waals surface area contributed by atoms with E-state index in [1.807, 2.05) is 13.0 Å². The summed E-state index contributed by atoms with van der Waals surface area (Å²) in [6.45, 7) is 17.6. The Morgan fingerprint density at radius 2 is 1.79 bits per heavy atom. The first-order chi connectivity index (χ1) is 9.15. The summed E-state index contributed by atoms with van der Waals surface area (Å²) in [5, 5.41) is 0. The first-order valence-corrected chi connectivity index (χ1v) is 7.54. The highest BCUT2D eigenvalue weighted by molar-refractivity contribution is 5.23. The van der Waals surface area contributed by atoms with Gasteiger partial charge in [-0.05, 0) is 31.4 Å². The van der Waals surface area contributed by atoms with Crippen LogP contribution in [0.25, 0.3) is 0 Å². The zero-order valence-corrected chi connectivity index (χ0v) is 12.9. The van der Waals surface area contributed by atoms with Crippen molar-refractivity contribution in [1.82, 2.24) is 9.80 Å². The second-order valence-corrected chi connectivity index (χ2v) is 5.77. The SMILES string of the molecule is C=C/C(=C\C=C/C)CN1CCN(CCC(C)C)CC1. The van der Waals surface area contributed by atoms with E-state index in [2.05, 4.69) is 48.5 Å². The van der Waals surface area contributed by atoms with Crippen molar-refractivity contribution in [1.29, 1.82) is 0 Å². The number of hydrogen-bond acceptors (Lipinski definition) is 2. The fourth-order valence-corrected chi connectivity index (χ4v) is 2.28. The smallest absolute Gasteiger partial charge is 0.0234 e. The Hall–Kier alpha value is -0.860. The Balaban J connectivity index is 2.31. The number of piperazine rings is 1. The van der Waals surface area contributed by atoms with E-state index in [4.69, 9.17) is 0 Å². The van der Waals surface area contributed by atoms with Crippen molar-refractivity contribution in [3.63, 3.8) is 0 Å². The largest absolute Gasteiger partial charge is 0.301 e. The summed E-state index contributed by atoms with van der Waals surface area (Å²) in [5.41, 5.74) is 1.31. The monoisotopic (exact) mass is 262 g/mol. The van der Waals surface area contributed by atoms with E-state index in [1.165, 1.54) is 44.7 Å². The van der Waals surface area contributed by atoms with Crippen LogP contribution in [0.1, 0.15) is 27.2 Å². The van der Waals surface area contributed by atoms with Crippen molar-refractivity contribution >= 4 is 0 Å². The van der Waals surface area contributed by atoms with Crippen LogP contribution >= 0.6 is 0 Å². The molecule has 1 saturated heterocycles. The van der Waals surface area contributed by atoms with Gasteiger partial charge >= 0.3 is 0 Å². The molecule has 0 aliphatic carbocycles. The minimum Gasteiger partial charge on any atom is -0.301 e. The average Bonchev–Trinajstić information content (AvgIpc) is 2.42. The molecule has 2 nitrogen and oxygen atoms in total. The van der Waals surface area contributed by atoms with E-state index in [-0.39, 0.29) is 0 Å². The molecule has 19 heavy (non-hydrogen) atoms. The zero-order valence-electron chi connectivity index (χ0n) is 12.9. The summed E-state index contributed by atoms with van der Waals surface area (Å²) in [6, 6.07) is 0. The average molecular weight is 262 g/mol. The van der Waals surface area contributed by atoms with Gasteiger partial charge in [0.1, 0.15) is 0 Å². The standard InChI is InChI=1S/C17H30N2/c1-5-7-8-17(6-2)15-19-13-11-18(12-14-19)10-9-16(3)4/h5-8,16H,2,9-15H2,1,3-4H3/b7-5-,17-8+. The van der Waals surface area contributed by atoms with Crippen molar-refractivity contribution in [2.75, 3.05) is 39.3 Å². The van der Waals surface area contributed by atoms with Gasteiger partial charge in [0.2, 0.25) is 0 Å². The third kappa shape index (κ3) is 6.74. The highest BCUT2D eigenvalue weighted by Gasteiger charge is 2.16. The van der Waals surface area contributed by atoms with Gasteiger partial charge in [-0.3, -0.25) is 4.90 Å². The van der Waals surface area contributed by atoms with Crippen LogP contribution in [-0.4, -0.2) is 49.1 Å². The molecular weight excluding hydrogens is 232 g/mol. The summed E-state index contributed by atoms with van der Waals surface area (Å²) in [7, 11) is 0. The molecule has 0 atom stereocenters. The van der Waals surface area contributed by atoms with Crippen LogP contribution in [0.4, 0.5) is 0 Å². The molecule has 0 bridgehead atoms. The second-order valence-electron chi connectivity index (χ2n) is 5.77. The zero-order chi connectivity index (χ0) is 14.1. The molecule has 1 aliphatic rings. The molecule has 1 heterocycles. The fraction of sp³-hybridized carbons (Fsp3) is 0.647. The maximum absolute atomic E-state index is 3.90. The highest BCUT2D eigenvalue weighted by atomic mass is 15.3. The Morgan fingerprint density at radius 3 is 2.32 bits per heavy atom. The van der Waals surface area contributed by atoms with Crippen LogP contribution < -0.4 is 0 Å². The molecule has 0 unspecified atom stereocenters. The van der Waals surface area contributed by atoms with E-state index in [9.17, 15) is 0 Å². The van der Waals surface area contributed by atoms with Gasteiger partial charge in [-0.25, -0.2) is 0 Å². The van der Waals surface area contributed by atoms with Crippen molar-refractivity contribution in [3.8, 4) is 0 Å². The third-order valence-corrected chi connectivity index (χ3v) is 3.66. The Morgan fingerprint density at radius 1 is 1.16 bits per heavy atom. The third-order valence-electron chi connectivity index (χ3n) is 3.66. The Bertz CT molecular complexity index is 307. The quantitative estimate of drug-likeness (QED) is 0.649. The maximum atomic E-state index is 3.90. The van der Waals surface area contributed by atoms with E-state index in [0.29, 0.717) is 0 Å². The Kier molecular flexibility index (Phi) is 7.76. The van der Waals surface area contributed by atoms with Crippen molar-refractivity contribution < 1.29 is 0 Å². The lowest BCUT2D eigenvalue weighted by molar-refractivity contribution is 0.136. The number of rotatable bonds is 7. The van der Waals surface area contributed by atoms with Gasteiger partial charge in [0.15, 0.2) is 0 Å². The lowest BCUT2D eigenvalue weighted by Gasteiger charge is -2.35. The summed E-state index contributed by atoms with van der Waals surface area (Å²) in [5.74, 6) is 0.814. The fourth-order valence-electron chi connectivity index (χ4n) is 2.28. The number of hydrogen-bond donors (Lipinski definition) is 0. The number of allylic oxidation sites excluding steroid dienone is 3. The van der Waals surface area contributed by atoms with Crippen LogP contribution in [-0.2, 0) is 0 Å². The molecular formula is C17H30N2. The van der Waals surface area contributed by atoms with Crippen molar-refractivity contribution in [3.05, 3.63) is 36.5 Å². The Labute approximate surface area is 119 Å². The van der Waals surface area contributed by atoms with Gasteiger partial charge in [0.05, 0.1) is 0 Å². The van der Waals surface area contributed by atoms with E-state index in [1.54, 1.807) is 0 Å². The molecule has 0 spiro atoms. The highest BCUT2D eigenvalue weighted by Crippen LogP contribution is 2.09. The molecule has 1 aliphatic heterocycles. The van der Waals surface area contributed by atoms with Gasteiger partial charge < -0.3 is 4.90 Å². The molecule has 0 amide bonds. The van der Waals surface area contributed by atoms with Gasteiger partial charge in [-0.1, -0.05) is 44.7 Å². The minimum atomic E-state index is 0.814. The first-order valence-electron chi connectivity index (χ1n) is 7.54. The van der Waals surface area contributed by atoms with Gasteiger partial charge in [0.25, 0.3) is 0 Å². The predicted molar refractivity (Wildman–Crippen MR) is 85.4 cm³/mol. The summed E-state index contributed by atoms with van der Waals surface area (Å²) < 4.78 is 0. The molecule has 108 valence electrons. The molecule has 0 aromatic heterocycles. The van der Waals surface area contributed by atoms with E-state index < -0.39 is 0 Å². The first kappa shape index (κ1) is 16.2. The lowest BCUT2D eigenvalue weighted by Crippen LogP contribution is -2.47. The van der Waals surface area contributed by atoms with Gasteiger partial charge in [0, 0.05) is 32.7 Å². The molecule has 0 saturated carbocycles. The van der Waals surface area contributed by atoms with Crippen molar-refractivity contribution in [2.24, 2.45) is 5.92 Å². The summed E-state index contributed by atoms with van der Waals surface area (Å²) in [6.07, 6.45) is 9.62.